The number of imidazole rings is 1. The van der Waals surface area contributed by atoms with E-state index in [1.807, 2.05) is 31.4 Å². The van der Waals surface area contributed by atoms with Gasteiger partial charge in [-0.25, -0.2) is 4.98 Å². The zero-order valence-corrected chi connectivity index (χ0v) is 12.8. The molecule has 5 heteroatoms. The Morgan fingerprint density at radius 1 is 1.45 bits per heavy atom. The van der Waals surface area contributed by atoms with Crippen LogP contribution in [0, 0.1) is 0 Å². The SMILES string of the molecule is CCn1ccnc1COc1ccc(Cl)cc1C(C)NC. The molecule has 0 aliphatic rings. The zero-order valence-electron chi connectivity index (χ0n) is 12.1. The molecule has 4 nitrogen and oxygen atoms in total. The Kier molecular flexibility index (Phi) is 5.04. The molecule has 2 rings (SSSR count). The molecule has 0 saturated heterocycles. The zero-order chi connectivity index (χ0) is 14.5. The minimum Gasteiger partial charge on any atom is -0.485 e. The molecule has 1 atom stereocenters. The van der Waals surface area contributed by atoms with E-state index in [4.69, 9.17) is 16.3 Å². The number of hydrogen-bond donors (Lipinski definition) is 1. The normalized spacial score (nSPS) is 12.4. The fourth-order valence-electron chi connectivity index (χ4n) is 2.06. The van der Waals surface area contributed by atoms with E-state index in [0.717, 1.165) is 23.7 Å². The van der Waals surface area contributed by atoms with Gasteiger partial charge in [0.2, 0.25) is 0 Å². The monoisotopic (exact) mass is 293 g/mol. The fourth-order valence-corrected chi connectivity index (χ4v) is 2.24. The van der Waals surface area contributed by atoms with Gasteiger partial charge in [0, 0.05) is 35.6 Å². The Morgan fingerprint density at radius 2 is 2.25 bits per heavy atom. The summed E-state index contributed by atoms with van der Waals surface area (Å²) in [6.07, 6.45) is 3.75. The lowest BCUT2D eigenvalue weighted by Crippen LogP contribution is -2.14. The van der Waals surface area contributed by atoms with E-state index in [0.29, 0.717) is 11.6 Å². The van der Waals surface area contributed by atoms with Gasteiger partial charge in [-0.05, 0) is 39.1 Å². The number of hydrogen-bond acceptors (Lipinski definition) is 3. The molecule has 2 aromatic rings. The highest BCUT2D eigenvalue weighted by Crippen LogP contribution is 2.28. The van der Waals surface area contributed by atoms with E-state index >= 15 is 0 Å². The first-order valence-corrected chi connectivity index (χ1v) is 7.13. The van der Waals surface area contributed by atoms with Crippen LogP contribution in [-0.2, 0) is 13.2 Å². The van der Waals surface area contributed by atoms with Crippen molar-refractivity contribution in [2.45, 2.75) is 33.0 Å². The molecule has 1 N–H and O–H groups in total. The van der Waals surface area contributed by atoms with Crippen molar-refractivity contribution in [3.63, 3.8) is 0 Å². The summed E-state index contributed by atoms with van der Waals surface area (Å²) in [5.74, 6) is 1.76. The molecule has 0 aliphatic heterocycles. The first kappa shape index (κ1) is 14.9. The second-order valence-corrected chi connectivity index (χ2v) is 5.05. The van der Waals surface area contributed by atoms with Gasteiger partial charge in [-0.1, -0.05) is 11.6 Å². The number of aryl methyl sites for hydroxylation is 1. The standard InChI is InChI=1S/C15H20ClN3O/c1-4-19-8-7-18-15(19)10-20-14-6-5-12(16)9-13(14)11(2)17-3/h5-9,11,17H,4,10H2,1-3H3. The van der Waals surface area contributed by atoms with E-state index < -0.39 is 0 Å². The second kappa shape index (κ2) is 6.77. The summed E-state index contributed by atoms with van der Waals surface area (Å²) >= 11 is 6.07. The van der Waals surface area contributed by atoms with Gasteiger partial charge in [0.05, 0.1) is 0 Å². The summed E-state index contributed by atoms with van der Waals surface area (Å²) in [6.45, 7) is 5.50. The fraction of sp³-hybridized carbons (Fsp3) is 0.400. The molecule has 0 radical (unpaired) electrons. The summed E-state index contributed by atoms with van der Waals surface area (Å²) in [7, 11) is 1.92. The Morgan fingerprint density at radius 3 is 2.95 bits per heavy atom. The van der Waals surface area contributed by atoms with Crippen molar-refractivity contribution in [2.75, 3.05) is 7.05 Å². The van der Waals surface area contributed by atoms with Gasteiger partial charge < -0.3 is 14.6 Å². The van der Waals surface area contributed by atoms with Crippen molar-refractivity contribution < 1.29 is 4.74 Å². The average molecular weight is 294 g/mol. The molecular formula is C15H20ClN3O. The summed E-state index contributed by atoms with van der Waals surface area (Å²) in [4.78, 5) is 4.31. The first-order valence-electron chi connectivity index (χ1n) is 6.75. The summed E-state index contributed by atoms with van der Waals surface area (Å²) < 4.78 is 7.99. The van der Waals surface area contributed by atoms with Gasteiger partial charge in [-0.3, -0.25) is 0 Å². The topological polar surface area (TPSA) is 39.1 Å². The molecular weight excluding hydrogens is 274 g/mol. The van der Waals surface area contributed by atoms with Crippen molar-refractivity contribution in [3.05, 3.63) is 47.0 Å². The van der Waals surface area contributed by atoms with Crippen LogP contribution in [-0.4, -0.2) is 16.6 Å². The lowest BCUT2D eigenvalue weighted by Gasteiger charge is -2.17. The van der Waals surface area contributed by atoms with Crippen LogP contribution in [0.4, 0.5) is 0 Å². The number of rotatable bonds is 6. The Bertz CT molecular complexity index is 568. The average Bonchev–Trinajstić information content (AvgIpc) is 2.92. The number of ether oxygens (including phenoxy) is 1. The van der Waals surface area contributed by atoms with Crippen molar-refractivity contribution in [1.82, 2.24) is 14.9 Å². The molecule has 1 aromatic carbocycles. The molecule has 108 valence electrons. The number of nitrogens with one attached hydrogen (secondary N) is 1. The maximum atomic E-state index is 6.07. The number of halogens is 1. The van der Waals surface area contributed by atoms with Crippen molar-refractivity contribution in [2.24, 2.45) is 0 Å². The van der Waals surface area contributed by atoms with E-state index in [1.54, 1.807) is 6.20 Å². The lowest BCUT2D eigenvalue weighted by molar-refractivity contribution is 0.284. The van der Waals surface area contributed by atoms with Crippen molar-refractivity contribution in [1.29, 1.82) is 0 Å². The van der Waals surface area contributed by atoms with Crippen LogP contribution in [0.15, 0.2) is 30.6 Å². The van der Waals surface area contributed by atoms with Crippen LogP contribution < -0.4 is 10.1 Å². The van der Waals surface area contributed by atoms with Crippen LogP contribution >= 0.6 is 11.6 Å². The van der Waals surface area contributed by atoms with Crippen molar-refractivity contribution in [3.8, 4) is 5.75 Å². The van der Waals surface area contributed by atoms with Gasteiger partial charge in [0.25, 0.3) is 0 Å². The minimum absolute atomic E-state index is 0.176. The molecule has 0 fully saturated rings. The number of benzene rings is 1. The molecule has 0 amide bonds. The van der Waals surface area contributed by atoms with Gasteiger partial charge in [-0.15, -0.1) is 0 Å². The molecule has 20 heavy (non-hydrogen) atoms. The molecule has 1 unspecified atom stereocenters. The molecule has 0 aliphatic carbocycles. The van der Waals surface area contributed by atoms with Gasteiger partial charge in [0.15, 0.2) is 0 Å². The molecule has 0 saturated carbocycles. The molecule has 1 heterocycles. The second-order valence-electron chi connectivity index (χ2n) is 4.61. The quantitative estimate of drug-likeness (QED) is 0.887. The predicted molar refractivity (Wildman–Crippen MR) is 81.2 cm³/mol. The molecule has 1 aromatic heterocycles. The number of nitrogens with zero attached hydrogens (tertiary/aromatic N) is 2. The van der Waals surface area contributed by atoms with Crippen LogP contribution in [0.3, 0.4) is 0 Å². The third-order valence-electron chi connectivity index (χ3n) is 3.37. The summed E-state index contributed by atoms with van der Waals surface area (Å²) in [6, 6.07) is 5.86. The minimum atomic E-state index is 0.176. The van der Waals surface area contributed by atoms with Gasteiger partial charge in [-0.2, -0.15) is 0 Å². The maximum absolute atomic E-state index is 6.07. The Hall–Kier alpha value is -1.52. The van der Waals surface area contributed by atoms with Crippen LogP contribution in [0.1, 0.15) is 31.3 Å². The van der Waals surface area contributed by atoms with Crippen LogP contribution in [0.5, 0.6) is 5.75 Å². The predicted octanol–water partition coefficient (Wildman–Crippen LogP) is 3.42. The molecule has 0 bridgehead atoms. The highest BCUT2D eigenvalue weighted by Gasteiger charge is 2.12. The number of aromatic nitrogens is 2. The summed E-state index contributed by atoms with van der Waals surface area (Å²) in [5.41, 5.74) is 1.05. The Labute approximate surface area is 124 Å². The van der Waals surface area contributed by atoms with Crippen molar-refractivity contribution >= 4 is 11.6 Å². The van der Waals surface area contributed by atoms with Gasteiger partial charge in [0.1, 0.15) is 18.2 Å². The van der Waals surface area contributed by atoms with Gasteiger partial charge >= 0.3 is 0 Å². The first-order chi connectivity index (χ1) is 9.65. The van der Waals surface area contributed by atoms with E-state index in [2.05, 4.69) is 28.7 Å². The van der Waals surface area contributed by atoms with E-state index in [1.165, 1.54) is 0 Å². The molecule has 0 spiro atoms. The lowest BCUT2D eigenvalue weighted by atomic mass is 10.1. The summed E-state index contributed by atoms with van der Waals surface area (Å²) in [5, 5.41) is 3.92. The maximum Gasteiger partial charge on any atom is 0.146 e. The van der Waals surface area contributed by atoms with Crippen LogP contribution in [0.25, 0.3) is 0 Å². The third kappa shape index (κ3) is 3.32. The highest BCUT2D eigenvalue weighted by molar-refractivity contribution is 6.30. The van der Waals surface area contributed by atoms with Crippen LogP contribution in [0.2, 0.25) is 5.02 Å². The smallest absolute Gasteiger partial charge is 0.146 e. The van der Waals surface area contributed by atoms with E-state index in [-0.39, 0.29) is 6.04 Å². The highest BCUT2D eigenvalue weighted by atomic mass is 35.5. The third-order valence-corrected chi connectivity index (χ3v) is 3.61. The Balaban J connectivity index is 2.17. The largest absolute Gasteiger partial charge is 0.485 e. The van der Waals surface area contributed by atoms with E-state index in [9.17, 15) is 0 Å².